The van der Waals surface area contributed by atoms with Crippen molar-refractivity contribution in [1.29, 1.82) is 0 Å². The van der Waals surface area contributed by atoms with Gasteiger partial charge in [-0.2, -0.15) is 0 Å². The maximum absolute atomic E-state index is 11.5. The predicted octanol–water partition coefficient (Wildman–Crippen LogP) is 0.925. The van der Waals surface area contributed by atoms with Crippen molar-refractivity contribution in [2.75, 3.05) is 13.7 Å². The highest BCUT2D eigenvalue weighted by Gasteiger charge is 2.23. The highest BCUT2D eigenvalue weighted by molar-refractivity contribution is 5.77. The molecule has 1 atom stereocenters. The Morgan fingerprint density at radius 1 is 1.65 bits per heavy atom. The molecule has 92 valence electrons. The number of fused-ring (bicyclic) bond motifs is 1. The molecule has 0 saturated heterocycles. The molecule has 0 aliphatic heterocycles. The number of aryl methyl sites for hydroxylation is 2. The molecule has 5 nitrogen and oxygen atoms in total. The molecule has 17 heavy (non-hydrogen) atoms. The van der Waals surface area contributed by atoms with Gasteiger partial charge in [0, 0.05) is 24.6 Å². The van der Waals surface area contributed by atoms with Crippen molar-refractivity contribution < 1.29 is 9.53 Å². The maximum Gasteiger partial charge on any atom is 0.246 e. The maximum atomic E-state index is 11.5. The second-order valence-corrected chi connectivity index (χ2v) is 4.26. The number of rotatable bonds is 3. The highest BCUT2D eigenvalue weighted by Crippen LogP contribution is 2.27. The minimum absolute atomic E-state index is 0.0296. The smallest absolute Gasteiger partial charge is 0.246 e. The number of ether oxygens (including phenoxy) is 1. The van der Waals surface area contributed by atoms with E-state index in [1.54, 1.807) is 0 Å². The number of hydrogen-bond acceptors (Lipinski definition) is 4. The van der Waals surface area contributed by atoms with Gasteiger partial charge in [-0.15, -0.1) is 0 Å². The van der Waals surface area contributed by atoms with Gasteiger partial charge >= 0.3 is 0 Å². The van der Waals surface area contributed by atoms with Gasteiger partial charge in [-0.1, -0.05) is 0 Å². The topological polar surface area (TPSA) is 64.1 Å². The standard InChI is InChI=1S/C12H17N3O2/c1-8-13-6-9-10(14-8)4-3-5-11(9)15-12(16)7-17-2/h6,11H,3-5,7H2,1-2H3,(H,15,16). The first-order valence-corrected chi connectivity index (χ1v) is 5.81. The number of aromatic nitrogens is 2. The van der Waals surface area contributed by atoms with Gasteiger partial charge in [0.25, 0.3) is 0 Å². The second kappa shape index (κ2) is 5.23. The van der Waals surface area contributed by atoms with Crippen LogP contribution < -0.4 is 5.32 Å². The number of hydrogen-bond donors (Lipinski definition) is 1. The monoisotopic (exact) mass is 235 g/mol. The molecule has 1 unspecified atom stereocenters. The molecular weight excluding hydrogens is 218 g/mol. The van der Waals surface area contributed by atoms with Crippen LogP contribution >= 0.6 is 0 Å². The van der Waals surface area contributed by atoms with Crippen LogP contribution in [0.25, 0.3) is 0 Å². The summed E-state index contributed by atoms with van der Waals surface area (Å²) in [5.74, 6) is 0.693. The first kappa shape index (κ1) is 12.0. The van der Waals surface area contributed by atoms with Crippen LogP contribution in [-0.2, 0) is 16.0 Å². The van der Waals surface area contributed by atoms with Crippen LogP contribution in [0.1, 0.15) is 36.0 Å². The van der Waals surface area contributed by atoms with E-state index in [-0.39, 0.29) is 18.6 Å². The molecule has 0 spiro atoms. The summed E-state index contributed by atoms with van der Waals surface area (Å²) in [7, 11) is 1.51. The van der Waals surface area contributed by atoms with Crippen molar-refractivity contribution in [3.05, 3.63) is 23.3 Å². The fraction of sp³-hybridized carbons (Fsp3) is 0.583. The van der Waals surface area contributed by atoms with Crippen molar-refractivity contribution >= 4 is 5.91 Å². The van der Waals surface area contributed by atoms with Gasteiger partial charge in [0.2, 0.25) is 5.91 Å². The fourth-order valence-electron chi connectivity index (χ4n) is 2.16. The molecule has 0 saturated carbocycles. The first-order valence-electron chi connectivity index (χ1n) is 5.81. The van der Waals surface area contributed by atoms with Crippen LogP contribution in [0.5, 0.6) is 0 Å². The molecule has 0 bridgehead atoms. The average molecular weight is 235 g/mol. The third-order valence-electron chi connectivity index (χ3n) is 2.91. The van der Waals surface area contributed by atoms with Gasteiger partial charge in [0.05, 0.1) is 6.04 Å². The number of nitrogens with zero attached hydrogens (tertiary/aromatic N) is 2. The van der Waals surface area contributed by atoms with E-state index in [1.807, 2.05) is 13.1 Å². The van der Waals surface area contributed by atoms with E-state index in [4.69, 9.17) is 4.74 Å². The van der Waals surface area contributed by atoms with Crippen molar-refractivity contribution in [1.82, 2.24) is 15.3 Å². The van der Waals surface area contributed by atoms with E-state index < -0.39 is 0 Å². The van der Waals surface area contributed by atoms with Gasteiger partial charge in [-0.25, -0.2) is 9.97 Å². The summed E-state index contributed by atoms with van der Waals surface area (Å²) in [6.07, 6.45) is 4.78. The zero-order valence-electron chi connectivity index (χ0n) is 10.2. The van der Waals surface area contributed by atoms with Crippen LogP contribution in [-0.4, -0.2) is 29.6 Å². The molecule has 1 aliphatic carbocycles. The third kappa shape index (κ3) is 2.79. The van der Waals surface area contributed by atoms with Gasteiger partial charge < -0.3 is 10.1 Å². The normalized spacial score (nSPS) is 18.6. The molecular formula is C12H17N3O2. The summed E-state index contributed by atoms with van der Waals surface area (Å²) in [4.78, 5) is 20.1. The number of carbonyl (C=O) groups is 1. The Morgan fingerprint density at radius 3 is 3.24 bits per heavy atom. The fourth-order valence-corrected chi connectivity index (χ4v) is 2.16. The van der Waals surface area contributed by atoms with Crippen molar-refractivity contribution in [2.24, 2.45) is 0 Å². The number of amides is 1. The van der Waals surface area contributed by atoms with Gasteiger partial charge in [0.15, 0.2) is 0 Å². The zero-order valence-corrected chi connectivity index (χ0v) is 10.2. The van der Waals surface area contributed by atoms with E-state index in [1.165, 1.54) is 7.11 Å². The molecule has 1 N–H and O–H groups in total. The Kier molecular flexibility index (Phi) is 3.68. The Balaban J connectivity index is 2.14. The molecule has 1 aromatic heterocycles. The first-order chi connectivity index (χ1) is 8.20. The summed E-state index contributed by atoms with van der Waals surface area (Å²) in [5, 5.41) is 2.95. The zero-order chi connectivity index (χ0) is 12.3. The van der Waals surface area contributed by atoms with Crippen molar-refractivity contribution in [2.45, 2.75) is 32.2 Å². The Hall–Kier alpha value is -1.49. The van der Waals surface area contributed by atoms with Crippen molar-refractivity contribution in [3.8, 4) is 0 Å². The highest BCUT2D eigenvalue weighted by atomic mass is 16.5. The third-order valence-corrected chi connectivity index (χ3v) is 2.91. The average Bonchev–Trinajstić information content (AvgIpc) is 2.29. The van der Waals surface area contributed by atoms with Gasteiger partial charge in [-0.3, -0.25) is 4.79 Å². The second-order valence-electron chi connectivity index (χ2n) is 4.26. The summed E-state index contributed by atoms with van der Waals surface area (Å²) in [6.45, 7) is 1.98. The molecule has 1 heterocycles. The molecule has 1 aromatic rings. The molecule has 5 heteroatoms. The summed E-state index contributed by atoms with van der Waals surface area (Å²) in [6, 6.07) is 0.0296. The lowest BCUT2D eigenvalue weighted by Gasteiger charge is -2.25. The largest absolute Gasteiger partial charge is 0.375 e. The lowest BCUT2D eigenvalue weighted by molar-refractivity contribution is -0.125. The summed E-state index contributed by atoms with van der Waals surface area (Å²) < 4.78 is 4.81. The predicted molar refractivity (Wildman–Crippen MR) is 62.5 cm³/mol. The lowest BCUT2D eigenvalue weighted by Crippen LogP contribution is -2.33. The Labute approximate surface area is 101 Å². The van der Waals surface area contributed by atoms with E-state index in [2.05, 4.69) is 15.3 Å². The van der Waals surface area contributed by atoms with Gasteiger partial charge in [-0.05, 0) is 26.2 Å². The molecule has 0 radical (unpaired) electrons. The SMILES string of the molecule is COCC(=O)NC1CCCc2nc(C)ncc21. The Morgan fingerprint density at radius 2 is 2.47 bits per heavy atom. The van der Waals surface area contributed by atoms with Crippen LogP contribution in [0.15, 0.2) is 6.20 Å². The van der Waals surface area contributed by atoms with Gasteiger partial charge in [0.1, 0.15) is 12.4 Å². The molecule has 0 fully saturated rings. The number of carbonyl (C=O) groups excluding carboxylic acids is 1. The Bertz CT molecular complexity index is 420. The minimum atomic E-state index is -0.0917. The summed E-state index contributed by atoms with van der Waals surface area (Å²) >= 11 is 0. The quantitative estimate of drug-likeness (QED) is 0.846. The van der Waals surface area contributed by atoms with Crippen LogP contribution in [0.4, 0.5) is 0 Å². The molecule has 1 amide bonds. The number of nitrogens with one attached hydrogen (secondary N) is 1. The summed E-state index contributed by atoms with van der Waals surface area (Å²) in [5.41, 5.74) is 2.11. The van der Waals surface area contributed by atoms with E-state index in [0.29, 0.717) is 0 Å². The lowest BCUT2D eigenvalue weighted by atomic mass is 9.92. The van der Waals surface area contributed by atoms with E-state index in [0.717, 1.165) is 36.3 Å². The molecule has 1 aliphatic rings. The van der Waals surface area contributed by atoms with Crippen LogP contribution in [0, 0.1) is 6.92 Å². The van der Waals surface area contributed by atoms with Crippen LogP contribution in [0.3, 0.4) is 0 Å². The van der Waals surface area contributed by atoms with E-state index >= 15 is 0 Å². The number of methoxy groups -OCH3 is 1. The van der Waals surface area contributed by atoms with Crippen molar-refractivity contribution in [3.63, 3.8) is 0 Å². The molecule has 2 rings (SSSR count). The minimum Gasteiger partial charge on any atom is -0.375 e. The van der Waals surface area contributed by atoms with Crippen LogP contribution in [0.2, 0.25) is 0 Å². The molecule has 0 aromatic carbocycles. The van der Waals surface area contributed by atoms with E-state index in [9.17, 15) is 4.79 Å².